The quantitative estimate of drug-likeness (QED) is 0.432. The molecule has 0 radical (unpaired) electrons. The summed E-state index contributed by atoms with van der Waals surface area (Å²) in [7, 11) is 1.68. The minimum atomic E-state index is 0.0492. The zero-order valence-electron chi connectivity index (χ0n) is 18.0. The maximum Gasteiger partial charge on any atom is 0.244 e. The predicted molar refractivity (Wildman–Crippen MR) is 121 cm³/mol. The van der Waals surface area contributed by atoms with Crippen molar-refractivity contribution in [2.75, 3.05) is 32.2 Å². The zero-order valence-corrected chi connectivity index (χ0v) is 18.8. The van der Waals surface area contributed by atoms with Crippen LogP contribution in [0.3, 0.4) is 0 Å². The largest absolute Gasteiger partial charge is 0.473 e. The van der Waals surface area contributed by atoms with Gasteiger partial charge in [-0.1, -0.05) is 0 Å². The molecule has 4 aromatic heterocycles. The number of methoxy groups -OCH3 is 1. The Kier molecular flexibility index (Phi) is 6.02. The fourth-order valence-electron chi connectivity index (χ4n) is 3.63. The van der Waals surface area contributed by atoms with Crippen LogP contribution >= 0.6 is 11.5 Å². The van der Waals surface area contributed by atoms with E-state index in [1.165, 1.54) is 11.5 Å². The monoisotopic (exact) mass is 455 g/mol. The van der Waals surface area contributed by atoms with E-state index in [1.807, 2.05) is 46.9 Å². The highest BCUT2D eigenvalue weighted by atomic mass is 32.1. The van der Waals surface area contributed by atoms with Crippen LogP contribution < -0.4 is 10.1 Å². The minimum Gasteiger partial charge on any atom is -0.473 e. The van der Waals surface area contributed by atoms with Gasteiger partial charge in [0.25, 0.3) is 0 Å². The van der Waals surface area contributed by atoms with Gasteiger partial charge in [-0.15, -0.1) is 0 Å². The molecule has 5 heterocycles. The summed E-state index contributed by atoms with van der Waals surface area (Å²) in [6.45, 7) is 4.62. The molecule has 4 aromatic rings. The lowest BCUT2D eigenvalue weighted by Gasteiger charge is -2.23. The van der Waals surface area contributed by atoms with Crippen LogP contribution in [0.1, 0.15) is 18.5 Å². The normalized spacial score (nSPS) is 14.8. The average Bonchev–Trinajstić information content (AvgIpc) is 3.53. The van der Waals surface area contributed by atoms with Gasteiger partial charge in [-0.3, -0.25) is 4.68 Å². The first-order chi connectivity index (χ1) is 15.7. The molecular formula is C21H25N7O3S. The van der Waals surface area contributed by atoms with Crippen molar-refractivity contribution >= 4 is 33.5 Å². The van der Waals surface area contributed by atoms with Crippen molar-refractivity contribution in [1.82, 2.24) is 28.7 Å². The van der Waals surface area contributed by atoms with E-state index in [4.69, 9.17) is 24.2 Å². The molecule has 1 saturated heterocycles. The molecule has 1 fully saturated rings. The number of hydrogen-bond acceptors (Lipinski definition) is 9. The fraction of sp³-hybridized carbons (Fsp3) is 0.429. The van der Waals surface area contributed by atoms with Gasteiger partial charge >= 0.3 is 0 Å². The maximum atomic E-state index is 6.39. The van der Waals surface area contributed by atoms with E-state index in [2.05, 4.69) is 14.8 Å². The van der Waals surface area contributed by atoms with E-state index in [-0.39, 0.29) is 6.10 Å². The highest BCUT2D eigenvalue weighted by molar-refractivity contribution is 7.10. The first kappa shape index (κ1) is 20.9. The third-order valence-corrected chi connectivity index (χ3v) is 6.03. The van der Waals surface area contributed by atoms with Gasteiger partial charge in [-0.05, 0) is 30.6 Å². The third kappa shape index (κ3) is 4.45. The van der Waals surface area contributed by atoms with Crippen LogP contribution in [0, 0.1) is 6.92 Å². The number of aromatic nitrogens is 6. The van der Waals surface area contributed by atoms with Gasteiger partial charge < -0.3 is 24.1 Å². The molecule has 32 heavy (non-hydrogen) atoms. The Morgan fingerprint density at radius 2 is 2.16 bits per heavy atom. The maximum absolute atomic E-state index is 6.39. The van der Waals surface area contributed by atoms with Crippen LogP contribution in [0.15, 0.2) is 30.7 Å². The Hall–Kier alpha value is -3.02. The molecule has 1 aliphatic heterocycles. The number of hydrogen-bond donors (Lipinski definition) is 1. The molecule has 0 aromatic carbocycles. The molecule has 11 heteroatoms. The van der Waals surface area contributed by atoms with Gasteiger partial charge in [0.05, 0.1) is 49.5 Å². The van der Waals surface area contributed by atoms with E-state index in [0.29, 0.717) is 38.2 Å². The molecule has 1 N–H and O–H groups in total. The number of ether oxygens (including phenoxy) is 3. The molecule has 0 unspecified atom stereocenters. The summed E-state index contributed by atoms with van der Waals surface area (Å²) >= 11 is 1.38. The molecule has 0 aliphatic carbocycles. The zero-order chi connectivity index (χ0) is 21.9. The molecule has 0 spiro atoms. The molecule has 0 atom stereocenters. The molecular weight excluding hydrogens is 430 g/mol. The Labute approximate surface area is 189 Å². The summed E-state index contributed by atoms with van der Waals surface area (Å²) < 4.78 is 25.2. The predicted octanol–water partition coefficient (Wildman–Crippen LogP) is 3.33. The molecule has 5 rings (SSSR count). The number of aryl methyl sites for hydroxylation is 1. The third-order valence-electron chi connectivity index (χ3n) is 5.23. The lowest BCUT2D eigenvalue weighted by molar-refractivity contribution is 0.0243. The Morgan fingerprint density at radius 1 is 1.28 bits per heavy atom. The van der Waals surface area contributed by atoms with Crippen molar-refractivity contribution in [2.45, 2.75) is 32.4 Å². The van der Waals surface area contributed by atoms with Crippen LogP contribution in [0.4, 0.5) is 10.9 Å². The summed E-state index contributed by atoms with van der Waals surface area (Å²) in [6.07, 6.45) is 7.47. The van der Waals surface area contributed by atoms with Crippen molar-refractivity contribution in [3.63, 3.8) is 0 Å². The van der Waals surface area contributed by atoms with Gasteiger partial charge in [0.1, 0.15) is 16.6 Å². The second-order valence-electron chi connectivity index (χ2n) is 7.61. The lowest BCUT2D eigenvalue weighted by atomic mass is 10.1. The first-order valence-electron chi connectivity index (χ1n) is 10.6. The van der Waals surface area contributed by atoms with Crippen molar-refractivity contribution in [3.05, 3.63) is 36.4 Å². The van der Waals surface area contributed by atoms with Crippen LogP contribution in [-0.4, -0.2) is 61.7 Å². The van der Waals surface area contributed by atoms with E-state index in [1.54, 1.807) is 7.11 Å². The average molecular weight is 456 g/mol. The molecule has 0 bridgehead atoms. The molecule has 168 valence electrons. The van der Waals surface area contributed by atoms with Crippen molar-refractivity contribution in [2.24, 2.45) is 0 Å². The van der Waals surface area contributed by atoms with Crippen LogP contribution in [-0.2, 0) is 16.0 Å². The molecule has 0 saturated carbocycles. The van der Waals surface area contributed by atoms with E-state index in [0.717, 1.165) is 40.3 Å². The van der Waals surface area contributed by atoms with Gasteiger partial charge in [-0.2, -0.15) is 14.5 Å². The second-order valence-corrected chi connectivity index (χ2v) is 8.42. The smallest absolute Gasteiger partial charge is 0.244 e. The summed E-state index contributed by atoms with van der Waals surface area (Å²) in [5, 5.41) is 8.58. The number of rotatable bonds is 8. The van der Waals surface area contributed by atoms with E-state index < -0.39 is 0 Å². The van der Waals surface area contributed by atoms with Crippen LogP contribution in [0.25, 0.3) is 16.7 Å². The minimum absolute atomic E-state index is 0.0492. The summed E-state index contributed by atoms with van der Waals surface area (Å²) in [5.74, 6) is 1.03. The lowest BCUT2D eigenvalue weighted by Crippen LogP contribution is -2.26. The Morgan fingerprint density at radius 3 is 2.94 bits per heavy atom. The number of anilines is 2. The van der Waals surface area contributed by atoms with E-state index in [9.17, 15) is 0 Å². The van der Waals surface area contributed by atoms with Crippen molar-refractivity contribution in [1.29, 1.82) is 0 Å². The van der Waals surface area contributed by atoms with E-state index >= 15 is 0 Å². The van der Waals surface area contributed by atoms with Gasteiger partial charge in [-0.25, -0.2) is 4.98 Å². The topological polar surface area (TPSA) is 101 Å². The van der Waals surface area contributed by atoms with Gasteiger partial charge in [0.2, 0.25) is 11.8 Å². The summed E-state index contributed by atoms with van der Waals surface area (Å²) in [4.78, 5) is 9.46. The highest BCUT2D eigenvalue weighted by Gasteiger charge is 2.21. The fourth-order valence-corrected chi connectivity index (χ4v) is 4.29. The SMILES string of the molecule is COCCn1cc(-n2ccc3nc(Nc4cc(C)ns4)nc(OC4CCOCC4)c32)cn1. The van der Waals surface area contributed by atoms with Crippen LogP contribution in [0.5, 0.6) is 5.88 Å². The highest BCUT2D eigenvalue weighted by Crippen LogP contribution is 2.31. The standard InChI is InChI=1S/C21H25N7O3S/c1-14-11-18(32-26-14)24-21-23-17-3-6-28(15-12-22-27(13-15)7-10-29-2)19(17)20(25-21)31-16-4-8-30-9-5-16/h3,6,11-13,16H,4-5,7-10H2,1-2H3,(H,23,24,25). The number of nitrogens with zero attached hydrogens (tertiary/aromatic N) is 6. The first-order valence-corrected chi connectivity index (χ1v) is 11.3. The van der Waals surface area contributed by atoms with Crippen LogP contribution in [0.2, 0.25) is 0 Å². The van der Waals surface area contributed by atoms with Crippen molar-refractivity contribution < 1.29 is 14.2 Å². The van der Waals surface area contributed by atoms with Gasteiger partial charge in [0.15, 0.2) is 0 Å². The molecule has 1 aliphatic rings. The molecule has 10 nitrogen and oxygen atoms in total. The molecule has 0 amide bonds. The summed E-state index contributed by atoms with van der Waals surface area (Å²) in [5.41, 5.74) is 3.47. The Bertz CT molecular complexity index is 1200. The van der Waals surface area contributed by atoms with Crippen molar-refractivity contribution in [3.8, 4) is 11.6 Å². The second kappa shape index (κ2) is 9.23. The Balaban J connectivity index is 1.52. The number of fused-ring (bicyclic) bond motifs is 1. The van der Waals surface area contributed by atoms with Gasteiger partial charge in [0, 0.05) is 32.3 Å². The number of nitrogens with one attached hydrogen (secondary N) is 1. The summed E-state index contributed by atoms with van der Waals surface area (Å²) in [6, 6.07) is 3.93.